The molecule has 4 nitrogen and oxygen atoms in total. The van der Waals surface area contributed by atoms with E-state index in [9.17, 15) is 4.79 Å². The predicted octanol–water partition coefficient (Wildman–Crippen LogP) is 2.68. The SMILES string of the molecule is Cn1ncc(Br)c1C(=O)C1OCCc2ccccc21. The van der Waals surface area contributed by atoms with Crippen LogP contribution in [-0.2, 0) is 18.2 Å². The lowest BCUT2D eigenvalue weighted by Gasteiger charge is -2.25. The zero-order chi connectivity index (χ0) is 13.4. The third kappa shape index (κ3) is 2.13. The number of carbonyl (C=O) groups is 1. The van der Waals surface area contributed by atoms with E-state index in [-0.39, 0.29) is 5.78 Å². The van der Waals surface area contributed by atoms with Crippen molar-refractivity contribution in [2.24, 2.45) is 7.05 Å². The van der Waals surface area contributed by atoms with Gasteiger partial charge in [0.05, 0.1) is 17.3 Å². The zero-order valence-corrected chi connectivity index (χ0v) is 12.1. The summed E-state index contributed by atoms with van der Waals surface area (Å²) in [5, 5.41) is 4.08. The van der Waals surface area contributed by atoms with Crippen molar-refractivity contribution in [3.8, 4) is 0 Å². The normalized spacial score (nSPS) is 18.1. The van der Waals surface area contributed by atoms with Crippen molar-refractivity contribution in [2.45, 2.75) is 12.5 Å². The van der Waals surface area contributed by atoms with Crippen molar-refractivity contribution < 1.29 is 9.53 Å². The Morgan fingerprint density at radius 1 is 1.47 bits per heavy atom. The quantitative estimate of drug-likeness (QED) is 0.799. The molecule has 0 saturated heterocycles. The number of hydrogen-bond acceptors (Lipinski definition) is 3. The Hall–Kier alpha value is -1.46. The van der Waals surface area contributed by atoms with Crippen molar-refractivity contribution in [1.29, 1.82) is 0 Å². The van der Waals surface area contributed by atoms with Crippen LogP contribution in [0.4, 0.5) is 0 Å². The Kier molecular flexibility index (Phi) is 3.24. The average Bonchev–Trinajstić information content (AvgIpc) is 2.77. The molecule has 0 N–H and O–H groups in total. The zero-order valence-electron chi connectivity index (χ0n) is 10.5. The van der Waals surface area contributed by atoms with Crippen molar-refractivity contribution in [3.05, 3.63) is 51.8 Å². The number of benzene rings is 1. The molecule has 0 bridgehead atoms. The highest BCUT2D eigenvalue weighted by Gasteiger charge is 2.31. The first-order chi connectivity index (χ1) is 9.18. The number of aryl methyl sites for hydroxylation is 1. The highest BCUT2D eigenvalue weighted by Crippen LogP contribution is 2.31. The number of rotatable bonds is 2. The lowest BCUT2D eigenvalue weighted by molar-refractivity contribution is 0.0340. The minimum atomic E-state index is -0.531. The molecule has 19 heavy (non-hydrogen) atoms. The van der Waals surface area contributed by atoms with Gasteiger partial charge in [0.15, 0.2) is 0 Å². The molecule has 1 atom stereocenters. The minimum Gasteiger partial charge on any atom is -0.365 e. The second kappa shape index (κ2) is 4.90. The monoisotopic (exact) mass is 320 g/mol. The van der Waals surface area contributed by atoms with Gasteiger partial charge >= 0.3 is 0 Å². The molecule has 0 fully saturated rings. The maximum atomic E-state index is 12.6. The smallest absolute Gasteiger partial charge is 0.215 e. The van der Waals surface area contributed by atoms with Gasteiger partial charge < -0.3 is 4.74 Å². The molecular formula is C14H13BrN2O2. The van der Waals surface area contributed by atoms with Gasteiger partial charge in [-0.1, -0.05) is 24.3 Å². The van der Waals surface area contributed by atoms with Gasteiger partial charge in [0.1, 0.15) is 11.8 Å². The average molecular weight is 321 g/mol. The Balaban J connectivity index is 2.03. The topological polar surface area (TPSA) is 44.1 Å². The second-order valence-corrected chi connectivity index (χ2v) is 5.38. The molecule has 3 rings (SSSR count). The third-order valence-corrected chi connectivity index (χ3v) is 3.94. The molecule has 2 heterocycles. The Labute approximate surface area is 119 Å². The largest absolute Gasteiger partial charge is 0.365 e. The van der Waals surface area contributed by atoms with Gasteiger partial charge in [-0.15, -0.1) is 0 Å². The molecule has 0 amide bonds. The van der Waals surface area contributed by atoms with Crippen LogP contribution < -0.4 is 0 Å². The number of aromatic nitrogens is 2. The molecule has 5 heteroatoms. The summed E-state index contributed by atoms with van der Waals surface area (Å²) in [6, 6.07) is 7.94. The van der Waals surface area contributed by atoms with Crippen LogP contribution in [0.5, 0.6) is 0 Å². The summed E-state index contributed by atoms with van der Waals surface area (Å²) < 4.78 is 7.97. The predicted molar refractivity (Wildman–Crippen MR) is 74.1 cm³/mol. The third-order valence-electron chi connectivity index (χ3n) is 3.36. The van der Waals surface area contributed by atoms with Gasteiger partial charge in [0.2, 0.25) is 5.78 Å². The van der Waals surface area contributed by atoms with E-state index in [2.05, 4.69) is 27.1 Å². The van der Waals surface area contributed by atoms with E-state index < -0.39 is 6.10 Å². The summed E-state index contributed by atoms with van der Waals surface area (Å²) in [6.07, 6.45) is 1.95. The van der Waals surface area contributed by atoms with E-state index in [1.165, 1.54) is 5.56 Å². The van der Waals surface area contributed by atoms with Gasteiger partial charge in [-0.2, -0.15) is 5.10 Å². The lowest BCUT2D eigenvalue weighted by Crippen LogP contribution is -2.25. The first kappa shape index (κ1) is 12.6. The standard InChI is InChI=1S/C14H13BrN2O2/c1-17-12(11(15)8-16-17)13(18)14-10-5-3-2-4-9(10)6-7-19-14/h2-5,8,14H,6-7H2,1H3. The van der Waals surface area contributed by atoms with Gasteiger partial charge in [-0.05, 0) is 33.5 Å². The van der Waals surface area contributed by atoms with Crippen molar-refractivity contribution >= 4 is 21.7 Å². The van der Waals surface area contributed by atoms with Crippen LogP contribution >= 0.6 is 15.9 Å². The highest BCUT2D eigenvalue weighted by atomic mass is 79.9. The lowest BCUT2D eigenvalue weighted by atomic mass is 9.94. The molecular weight excluding hydrogens is 308 g/mol. The van der Waals surface area contributed by atoms with Crippen LogP contribution in [0.3, 0.4) is 0 Å². The van der Waals surface area contributed by atoms with Crippen LogP contribution in [0, 0.1) is 0 Å². The Morgan fingerprint density at radius 2 is 2.26 bits per heavy atom. The van der Waals surface area contributed by atoms with Gasteiger partial charge in [-0.25, -0.2) is 0 Å². The summed E-state index contributed by atoms with van der Waals surface area (Å²) in [6.45, 7) is 0.572. The molecule has 2 aromatic rings. The van der Waals surface area contributed by atoms with E-state index in [1.54, 1.807) is 17.9 Å². The van der Waals surface area contributed by atoms with E-state index in [0.29, 0.717) is 16.8 Å². The first-order valence-corrected chi connectivity index (χ1v) is 6.89. The van der Waals surface area contributed by atoms with Crippen LogP contribution in [-0.4, -0.2) is 22.2 Å². The van der Waals surface area contributed by atoms with Crippen molar-refractivity contribution in [3.63, 3.8) is 0 Å². The summed E-state index contributed by atoms with van der Waals surface area (Å²) in [4.78, 5) is 12.6. The molecule has 1 unspecified atom stereocenters. The van der Waals surface area contributed by atoms with Gasteiger partial charge in [0.25, 0.3) is 0 Å². The fraction of sp³-hybridized carbons (Fsp3) is 0.286. The number of ether oxygens (including phenoxy) is 1. The molecule has 1 aliphatic rings. The van der Waals surface area contributed by atoms with Crippen LogP contribution in [0.1, 0.15) is 27.7 Å². The summed E-state index contributed by atoms with van der Waals surface area (Å²) in [5.41, 5.74) is 2.69. The van der Waals surface area contributed by atoms with Crippen molar-refractivity contribution in [2.75, 3.05) is 6.61 Å². The molecule has 0 spiro atoms. The molecule has 1 aliphatic heterocycles. The molecule has 0 radical (unpaired) electrons. The molecule has 0 saturated carbocycles. The van der Waals surface area contributed by atoms with E-state index in [1.807, 2.05) is 18.2 Å². The Morgan fingerprint density at radius 3 is 3.00 bits per heavy atom. The number of nitrogens with zero attached hydrogens (tertiary/aromatic N) is 2. The molecule has 98 valence electrons. The number of hydrogen-bond donors (Lipinski definition) is 0. The van der Waals surface area contributed by atoms with Crippen LogP contribution in [0.25, 0.3) is 0 Å². The second-order valence-electron chi connectivity index (χ2n) is 4.53. The molecule has 1 aromatic carbocycles. The van der Waals surface area contributed by atoms with E-state index in [0.717, 1.165) is 12.0 Å². The number of ketones is 1. The number of Topliss-reactive ketones (excluding diaryl/α,β-unsaturated/α-hetero) is 1. The van der Waals surface area contributed by atoms with Gasteiger partial charge in [0, 0.05) is 7.05 Å². The fourth-order valence-corrected chi connectivity index (χ4v) is 2.97. The van der Waals surface area contributed by atoms with E-state index >= 15 is 0 Å². The van der Waals surface area contributed by atoms with Crippen LogP contribution in [0.2, 0.25) is 0 Å². The fourth-order valence-electron chi connectivity index (χ4n) is 2.42. The maximum absolute atomic E-state index is 12.6. The number of halogens is 1. The first-order valence-electron chi connectivity index (χ1n) is 6.09. The van der Waals surface area contributed by atoms with Gasteiger partial charge in [-0.3, -0.25) is 9.48 Å². The Bertz CT molecular complexity index is 617. The van der Waals surface area contributed by atoms with E-state index in [4.69, 9.17) is 4.74 Å². The summed E-state index contributed by atoms with van der Waals surface area (Å²) in [5.74, 6) is -0.0565. The summed E-state index contributed by atoms with van der Waals surface area (Å²) >= 11 is 3.36. The number of fused-ring (bicyclic) bond motifs is 1. The number of carbonyl (C=O) groups excluding carboxylic acids is 1. The molecule has 0 aliphatic carbocycles. The minimum absolute atomic E-state index is 0.0565. The maximum Gasteiger partial charge on any atom is 0.215 e. The molecule has 1 aromatic heterocycles. The highest BCUT2D eigenvalue weighted by molar-refractivity contribution is 9.10. The van der Waals surface area contributed by atoms with Crippen molar-refractivity contribution in [1.82, 2.24) is 9.78 Å². The summed E-state index contributed by atoms with van der Waals surface area (Å²) in [7, 11) is 1.76. The van der Waals surface area contributed by atoms with Crippen LogP contribution in [0.15, 0.2) is 34.9 Å².